The molecule has 0 fully saturated rings. The molecule has 0 bridgehead atoms. The summed E-state index contributed by atoms with van der Waals surface area (Å²) in [6, 6.07) is 0. The van der Waals surface area contributed by atoms with E-state index in [1.165, 1.54) is 0 Å². The zero-order chi connectivity index (χ0) is 13.0. The van der Waals surface area contributed by atoms with Gasteiger partial charge in [0.1, 0.15) is 5.82 Å². The highest BCUT2D eigenvalue weighted by Crippen LogP contribution is 2.19. The number of aliphatic hydroxyl groups excluding tert-OH is 1. The van der Waals surface area contributed by atoms with Crippen LogP contribution < -0.4 is 10.6 Å². The molecule has 1 unspecified atom stereocenters. The molecule has 2 aromatic heterocycles. The van der Waals surface area contributed by atoms with Gasteiger partial charge in [-0.2, -0.15) is 15.1 Å². The Morgan fingerprint density at radius 1 is 1.39 bits per heavy atom. The highest BCUT2D eigenvalue weighted by atomic mass is 16.3. The summed E-state index contributed by atoms with van der Waals surface area (Å²) in [6.07, 6.45) is 2.03. The van der Waals surface area contributed by atoms with E-state index < -0.39 is 0 Å². The first kappa shape index (κ1) is 12.6. The second kappa shape index (κ2) is 5.63. The Hall–Kier alpha value is -1.89. The van der Waals surface area contributed by atoms with E-state index in [9.17, 15) is 5.11 Å². The van der Waals surface area contributed by atoms with Gasteiger partial charge in [-0.1, -0.05) is 0 Å². The zero-order valence-corrected chi connectivity index (χ0v) is 10.6. The Kier molecular flexibility index (Phi) is 3.93. The van der Waals surface area contributed by atoms with Gasteiger partial charge in [-0.3, -0.25) is 5.10 Å². The van der Waals surface area contributed by atoms with Crippen molar-refractivity contribution < 1.29 is 5.11 Å². The molecule has 1 atom stereocenters. The van der Waals surface area contributed by atoms with E-state index in [0.29, 0.717) is 24.6 Å². The summed E-state index contributed by atoms with van der Waals surface area (Å²) < 4.78 is 0. The fourth-order valence-electron chi connectivity index (χ4n) is 1.61. The lowest BCUT2D eigenvalue weighted by molar-refractivity contribution is 0.188. The third kappa shape index (κ3) is 2.86. The van der Waals surface area contributed by atoms with Crippen LogP contribution in [0.5, 0.6) is 0 Å². The maximum absolute atomic E-state index is 9.24. The van der Waals surface area contributed by atoms with Gasteiger partial charge in [-0.15, -0.1) is 0 Å². The standard InChI is InChI=1S/C11H18N6O/c1-3-12-11-15-9(13-5-4-7(2)18)8-6-14-17-10(8)16-11/h6-7,18H,3-5H2,1-2H3,(H3,12,13,14,15,16,17). The van der Waals surface area contributed by atoms with Crippen LogP contribution >= 0.6 is 0 Å². The van der Waals surface area contributed by atoms with Crippen molar-refractivity contribution in [2.75, 3.05) is 23.7 Å². The van der Waals surface area contributed by atoms with Crippen LogP contribution in [0.15, 0.2) is 6.20 Å². The first-order valence-corrected chi connectivity index (χ1v) is 6.07. The molecule has 0 aromatic carbocycles. The largest absolute Gasteiger partial charge is 0.393 e. The fourth-order valence-corrected chi connectivity index (χ4v) is 1.61. The second-order valence-corrected chi connectivity index (χ2v) is 4.12. The summed E-state index contributed by atoms with van der Waals surface area (Å²) >= 11 is 0. The molecule has 2 rings (SSSR count). The minimum absolute atomic E-state index is 0.326. The molecule has 18 heavy (non-hydrogen) atoms. The molecule has 98 valence electrons. The van der Waals surface area contributed by atoms with Crippen LogP contribution in [0.3, 0.4) is 0 Å². The molecule has 0 saturated carbocycles. The van der Waals surface area contributed by atoms with Crippen LogP contribution in [0.2, 0.25) is 0 Å². The average molecular weight is 250 g/mol. The van der Waals surface area contributed by atoms with E-state index in [2.05, 4.69) is 30.8 Å². The van der Waals surface area contributed by atoms with Crippen LogP contribution in [0.4, 0.5) is 11.8 Å². The number of hydrogen-bond acceptors (Lipinski definition) is 6. The van der Waals surface area contributed by atoms with Crippen LogP contribution in [-0.4, -0.2) is 44.5 Å². The molecule has 2 heterocycles. The molecule has 4 N–H and O–H groups in total. The van der Waals surface area contributed by atoms with Crippen molar-refractivity contribution in [3.63, 3.8) is 0 Å². The van der Waals surface area contributed by atoms with Crippen molar-refractivity contribution >= 4 is 22.8 Å². The van der Waals surface area contributed by atoms with Crippen molar-refractivity contribution in [3.05, 3.63) is 6.20 Å². The molecule has 0 aliphatic carbocycles. The maximum atomic E-state index is 9.24. The number of nitrogens with one attached hydrogen (secondary N) is 3. The number of rotatable bonds is 6. The first-order chi connectivity index (χ1) is 8.70. The van der Waals surface area contributed by atoms with E-state index in [-0.39, 0.29) is 6.10 Å². The van der Waals surface area contributed by atoms with Crippen molar-refractivity contribution in [1.82, 2.24) is 20.2 Å². The molecule has 2 aromatic rings. The van der Waals surface area contributed by atoms with Gasteiger partial charge in [0, 0.05) is 13.1 Å². The number of anilines is 2. The SMILES string of the molecule is CCNc1nc(NCCC(C)O)c2cn[nH]c2n1. The van der Waals surface area contributed by atoms with Gasteiger partial charge >= 0.3 is 0 Å². The van der Waals surface area contributed by atoms with Crippen molar-refractivity contribution in [3.8, 4) is 0 Å². The van der Waals surface area contributed by atoms with Crippen LogP contribution in [0.1, 0.15) is 20.3 Å². The molecular weight excluding hydrogens is 232 g/mol. The van der Waals surface area contributed by atoms with E-state index in [0.717, 1.165) is 17.7 Å². The molecule has 0 aliphatic heterocycles. The molecule has 7 nitrogen and oxygen atoms in total. The topological polar surface area (TPSA) is 98.8 Å². The second-order valence-electron chi connectivity index (χ2n) is 4.12. The molecule has 0 amide bonds. The lowest BCUT2D eigenvalue weighted by Gasteiger charge is -2.09. The van der Waals surface area contributed by atoms with Crippen LogP contribution in [-0.2, 0) is 0 Å². The number of fused-ring (bicyclic) bond motifs is 1. The number of aromatic nitrogens is 4. The lowest BCUT2D eigenvalue weighted by atomic mass is 10.3. The average Bonchev–Trinajstić information content (AvgIpc) is 2.77. The van der Waals surface area contributed by atoms with Gasteiger partial charge < -0.3 is 15.7 Å². The Morgan fingerprint density at radius 2 is 2.22 bits per heavy atom. The van der Waals surface area contributed by atoms with E-state index >= 15 is 0 Å². The predicted molar refractivity (Wildman–Crippen MR) is 70.6 cm³/mol. The van der Waals surface area contributed by atoms with Crippen molar-refractivity contribution in [1.29, 1.82) is 0 Å². The molecule has 7 heteroatoms. The monoisotopic (exact) mass is 250 g/mol. The first-order valence-electron chi connectivity index (χ1n) is 6.07. The molecule has 0 radical (unpaired) electrons. The Balaban J connectivity index is 2.20. The number of hydrogen-bond donors (Lipinski definition) is 4. The van der Waals surface area contributed by atoms with Crippen molar-refractivity contribution in [2.24, 2.45) is 0 Å². The third-order valence-corrected chi connectivity index (χ3v) is 2.50. The molecular formula is C11H18N6O. The predicted octanol–water partition coefficient (Wildman–Crippen LogP) is 0.967. The molecule has 0 saturated heterocycles. The van der Waals surface area contributed by atoms with E-state index in [1.807, 2.05) is 6.92 Å². The van der Waals surface area contributed by atoms with Gasteiger partial charge in [0.2, 0.25) is 5.95 Å². The minimum atomic E-state index is -0.326. The van der Waals surface area contributed by atoms with Crippen molar-refractivity contribution in [2.45, 2.75) is 26.4 Å². The fraction of sp³-hybridized carbons (Fsp3) is 0.545. The number of aliphatic hydroxyl groups is 1. The Bertz CT molecular complexity index is 509. The zero-order valence-electron chi connectivity index (χ0n) is 10.6. The molecule has 0 aliphatic rings. The van der Waals surface area contributed by atoms with Gasteiger partial charge in [0.15, 0.2) is 5.65 Å². The van der Waals surface area contributed by atoms with E-state index in [4.69, 9.17) is 0 Å². The third-order valence-electron chi connectivity index (χ3n) is 2.50. The highest BCUT2D eigenvalue weighted by Gasteiger charge is 2.08. The van der Waals surface area contributed by atoms with Gasteiger partial charge in [-0.05, 0) is 20.3 Å². The normalized spacial score (nSPS) is 12.6. The summed E-state index contributed by atoms with van der Waals surface area (Å²) in [7, 11) is 0. The van der Waals surface area contributed by atoms with Crippen LogP contribution in [0, 0.1) is 0 Å². The highest BCUT2D eigenvalue weighted by molar-refractivity contribution is 5.86. The minimum Gasteiger partial charge on any atom is -0.393 e. The van der Waals surface area contributed by atoms with E-state index in [1.54, 1.807) is 13.1 Å². The molecule has 0 spiro atoms. The van der Waals surface area contributed by atoms with Gasteiger partial charge in [-0.25, -0.2) is 0 Å². The summed E-state index contributed by atoms with van der Waals surface area (Å²) in [6.45, 7) is 5.16. The quantitative estimate of drug-likeness (QED) is 0.609. The summed E-state index contributed by atoms with van der Waals surface area (Å²) in [4.78, 5) is 8.68. The van der Waals surface area contributed by atoms with Crippen LogP contribution in [0.25, 0.3) is 11.0 Å². The maximum Gasteiger partial charge on any atom is 0.226 e. The number of nitrogens with zero attached hydrogens (tertiary/aromatic N) is 3. The van der Waals surface area contributed by atoms with Gasteiger partial charge in [0.25, 0.3) is 0 Å². The lowest BCUT2D eigenvalue weighted by Crippen LogP contribution is -2.12. The summed E-state index contributed by atoms with van der Waals surface area (Å²) in [5.74, 6) is 1.29. The Labute approximate surface area is 105 Å². The van der Waals surface area contributed by atoms with Gasteiger partial charge in [0.05, 0.1) is 17.7 Å². The summed E-state index contributed by atoms with van der Waals surface area (Å²) in [5, 5.41) is 23.1. The smallest absolute Gasteiger partial charge is 0.226 e. The summed E-state index contributed by atoms with van der Waals surface area (Å²) in [5.41, 5.74) is 0.695. The Morgan fingerprint density at radius 3 is 2.94 bits per heavy atom. The number of H-pyrrole nitrogens is 1. The number of aromatic amines is 1.